The van der Waals surface area contributed by atoms with Gasteiger partial charge in [-0.3, -0.25) is 9.59 Å². The summed E-state index contributed by atoms with van der Waals surface area (Å²) in [7, 11) is 0. The number of carbonyl (C=O) groups excluding carboxylic acids is 2. The van der Waals surface area contributed by atoms with Crippen molar-refractivity contribution in [3.05, 3.63) is 72.1 Å². The van der Waals surface area contributed by atoms with E-state index in [1.807, 2.05) is 48.7 Å². The second-order valence-corrected chi connectivity index (χ2v) is 6.04. The maximum atomic E-state index is 12.3. The fourth-order valence-electron chi connectivity index (χ4n) is 3.00. The summed E-state index contributed by atoms with van der Waals surface area (Å²) in [4.78, 5) is 30.7. The largest absolute Gasteiger partial charge is 0.361 e. The maximum Gasteiger partial charge on any atom is 0.253 e. The summed E-state index contributed by atoms with van der Waals surface area (Å²) < 4.78 is 0. The van der Waals surface area contributed by atoms with Crippen molar-refractivity contribution in [3.63, 3.8) is 0 Å². The SMILES string of the molecule is O=C(NCCNC(=O)c1c[nH]c2ccccc12)c1ccc2cc[nH]c2c1. The lowest BCUT2D eigenvalue weighted by atomic mass is 10.1. The van der Waals surface area contributed by atoms with Gasteiger partial charge in [0.15, 0.2) is 0 Å². The van der Waals surface area contributed by atoms with Gasteiger partial charge in [-0.05, 0) is 29.7 Å². The highest BCUT2D eigenvalue weighted by atomic mass is 16.2. The molecule has 0 atom stereocenters. The first-order valence-electron chi connectivity index (χ1n) is 8.42. The van der Waals surface area contributed by atoms with Gasteiger partial charge >= 0.3 is 0 Å². The highest BCUT2D eigenvalue weighted by Gasteiger charge is 2.11. The Kier molecular flexibility index (Phi) is 4.15. The summed E-state index contributed by atoms with van der Waals surface area (Å²) in [5.74, 6) is -0.327. The van der Waals surface area contributed by atoms with Crippen LogP contribution in [0.25, 0.3) is 21.8 Å². The number of amides is 2. The zero-order chi connectivity index (χ0) is 17.9. The maximum absolute atomic E-state index is 12.3. The molecule has 6 heteroatoms. The topological polar surface area (TPSA) is 89.8 Å². The number of carbonyl (C=O) groups is 2. The number of hydrogen-bond donors (Lipinski definition) is 4. The molecule has 0 radical (unpaired) electrons. The number of para-hydroxylation sites is 1. The zero-order valence-corrected chi connectivity index (χ0v) is 14.0. The minimum atomic E-state index is -0.164. The summed E-state index contributed by atoms with van der Waals surface area (Å²) in [5, 5.41) is 7.59. The van der Waals surface area contributed by atoms with Crippen LogP contribution in [0.3, 0.4) is 0 Å². The lowest BCUT2D eigenvalue weighted by Crippen LogP contribution is -2.34. The third-order valence-electron chi connectivity index (χ3n) is 4.35. The first kappa shape index (κ1) is 16.0. The third kappa shape index (κ3) is 3.04. The van der Waals surface area contributed by atoms with Gasteiger partial charge in [0.2, 0.25) is 0 Å². The molecule has 0 saturated heterocycles. The first-order valence-corrected chi connectivity index (χ1v) is 8.42. The molecule has 6 nitrogen and oxygen atoms in total. The number of H-pyrrole nitrogens is 2. The van der Waals surface area contributed by atoms with Gasteiger partial charge in [0.25, 0.3) is 11.8 Å². The Morgan fingerprint density at radius 2 is 1.65 bits per heavy atom. The first-order chi connectivity index (χ1) is 12.7. The van der Waals surface area contributed by atoms with Gasteiger partial charge in [0.05, 0.1) is 5.56 Å². The van der Waals surface area contributed by atoms with Crippen molar-refractivity contribution in [2.45, 2.75) is 0 Å². The molecule has 0 spiro atoms. The Bertz CT molecular complexity index is 1090. The quantitative estimate of drug-likeness (QED) is 0.419. The number of fused-ring (bicyclic) bond motifs is 2. The minimum absolute atomic E-state index is 0.162. The molecule has 2 aromatic heterocycles. The van der Waals surface area contributed by atoms with E-state index >= 15 is 0 Å². The molecule has 0 unspecified atom stereocenters. The third-order valence-corrected chi connectivity index (χ3v) is 4.35. The molecule has 0 aliphatic rings. The van der Waals surface area contributed by atoms with Crippen LogP contribution in [0.1, 0.15) is 20.7 Å². The van der Waals surface area contributed by atoms with Crippen molar-refractivity contribution in [3.8, 4) is 0 Å². The molecule has 0 saturated carbocycles. The average molecular weight is 346 g/mol. The van der Waals surface area contributed by atoms with E-state index in [1.54, 1.807) is 12.3 Å². The lowest BCUT2D eigenvalue weighted by molar-refractivity contribution is 0.0928. The summed E-state index contributed by atoms with van der Waals surface area (Å²) in [6.07, 6.45) is 3.54. The van der Waals surface area contributed by atoms with Gasteiger partial charge in [-0.25, -0.2) is 0 Å². The van der Waals surface area contributed by atoms with Crippen LogP contribution < -0.4 is 10.6 Å². The van der Waals surface area contributed by atoms with E-state index in [9.17, 15) is 9.59 Å². The Morgan fingerprint density at radius 3 is 2.54 bits per heavy atom. The van der Waals surface area contributed by atoms with E-state index in [4.69, 9.17) is 0 Å². The van der Waals surface area contributed by atoms with Crippen LogP contribution in [0.4, 0.5) is 0 Å². The molecular formula is C20H18N4O2. The summed E-state index contributed by atoms with van der Waals surface area (Å²) >= 11 is 0. The lowest BCUT2D eigenvalue weighted by Gasteiger charge is -2.07. The molecule has 0 fully saturated rings. The molecule has 130 valence electrons. The second-order valence-electron chi connectivity index (χ2n) is 6.04. The van der Waals surface area contributed by atoms with Gasteiger partial charge in [0.1, 0.15) is 0 Å². The summed E-state index contributed by atoms with van der Waals surface area (Å²) in [5.41, 5.74) is 3.03. The number of aromatic nitrogens is 2. The van der Waals surface area contributed by atoms with Crippen molar-refractivity contribution in [1.82, 2.24) is 20.6 Å². The van der Waals surface area contributed by atoms with Crippen LogP contribution in [0.15, 0.2) is 60.9 Å². The molecule has 2 heterocycles. The smallest absolute Gasteiger partial charge is 0.253 e. The van der Waals surface area contributed by atoms with E-state index in [0.29, 0.717) is 24.2 Å². The Morgan fingerprint density at radius 1 is 0.846 bits per heavy atom. The highest BCUT2D eigenvalue weighted by Crippen LogP contribution is 2.17. The molecule has 0 aliphatic carbocycles. The fourth-order valence-corrected chi connectivity index (χ4v) is 3.00. The minimum Gasteiger partial charge on any atom is -0.361 e. The molecule has 26 heavy (non-hydrogen) atoms. The molecule has 0 aliphatic heterocycles. The van der Waals surface area contributed by atoms with Crippen LogP contribution in [0, 0.1) is 0 Å². The molecule has 2 amide bonds. The van der Waals surface area contributed by atoms with Gasteiger partial charge < -0.3 is 20.6 Å². The van der Waals surface area contributed by atoms with Crippen molar-refractivity contribution in [2.75, 3.05) is 13.1 Å². The summed E-state index contributed by atoms with van der Waals surface area (Å²) in [6, 6.07) is 15.1. The predicted molar refractivity (Wildman–Crippen MR) is 101 cm³/mol. The van der Waals surface area contributed by atoms with E-state index < -0.39 is 0 Å². The standard InChI is InChI=1S/C20H18N4O2/c25-19(14-6-5-13-7-8-21-18(13)11-14)22-9-10-23-20(26)16-12-24-17-4-2-1-3-15(16)17/h1-8,11-12,21,24H,9-10H2,(H,22,25)(H,23,26). The molecule has 0 bridgehead atoms. The molecule has 4 rings (SSSR count). The monoisotopic (exact) mass is 346 g/mol. The average Bonchev–Trinajstić information content (AvgIpc) is 3.30. The predicted octanol–water partition coefficient (Wildman–Crippen LogP) is 2.81. The van der Waals surface area contributed by atoms with E-state index in [0.717, 1.165) is 21.8 Å². The van der Waals surface area contributed by atoms with E-state index in [2.05, 4.69) is 20.6 Å². The number of rotatable bonds is 5. The fraction of sp³-hybridized carbons (Fsp3) is 0.100. The van der Waals surface area contributed by atoms with Crippen LogP contribution >= 0.6 is 0 Å². The van der Waals surface area contributed by atoms with Gasteiger partial charge in [-0.2, -0.15) is 0 Å². The van der Waals surface area contributed by atoms with E-state index in [-0.39, 0.29) is 11.8 Å². The van der Waals surface area contributed by atoms with Crippen LogP contribution in [0.2, 0.25) is 0 Å². The molecular weight excluding hydrogens is 328 g/mol. The number of hydrogen-bond acceptors (Lipinski definition) is 2. The second kappa shape index (κ2) is 6.76. The van der Waals surface area contributed by atoms with Crippen LogP contribution in [-0.4, -0.2) is 34.9 Å². The number of nitrogens with one attached hydrogen (secondary N) is 4. The van der Waals surface area contributed by atoms with Crippen molar-refractivity contribution in [2.24, 2.45) is 0 Å². The Hall–Kier alpha value is -3.54. The summed E-state index contributed by atoms with van der Waals surface area (Å²) in [6.45, 7) is 0.713. The van der Waals surface area contributed by atoms with Crippen molar-refractivity contribution >= 4 is 33.6 Å². The van der Waals surface area contributed by atoms with Crippen molar-refractivity contribution < 1.29 is 9.59 Å². The zero-order valence-electron chi connectivity index (χ0n) is 14.0. The Labute approximate surface area is 149 Å². The molecule has 2 aromatic carbocycles. The number of aromatic amines is 2. The molecule has 4 N–H and O–H groups in total. The van der Waals surface area contributed by atoms with Gasteiger partial charge in [-0.15, -0.1) is 0 Å². The normalized spacial score (nSPS) is 10.9. The number of benzene rings is 2. The molecule has 4 aromatic rings. The van der Waals surface area contributed by atoms with Gasteiger partial charge in [-0.1, -0.05) is 24.3 Å². The van der Waals surface area contributed by atoms with Gasteiger partial charge in [0, 0.05) is 47.5 Å². The van der Waals surface area contributed by atoms with Crippen LogP contribution in [-0.2, 0) is 0 Å². The highest BCUT2D eigenvalue weighted by molar-refractivity contribution is 6.06. The Balaban J connectivity index is 1.31. The van der Waals surface area contributed by atoms with E-state index in [1.165, 1.54) is 0 Å². The van der Waals surface area contributed by atoms with Crippen LogP contribution in [0.5, 0.6) is 0 Å². The van der Waals surface area contributed by atoms with Crippen molar-refractivity contribution in [1.29, 1.82) is 0 Å².